The van der Waals surface area contributed by atoms with Gasteiger partial charge in [0.15, 0.2) is 0 Å². The van der Waals surface area contributed by atoms with Crippen molar-refractivity contribution >= 4 is 27.6 Å². The molecule has 0 aromatic heterocycles. The van der Waals surface area contributed by atoms with Crippen LogP contribution in [0.2, 0.25) is 0 Å². The quantitative estimate of drug-likeness (QED) is 0.556. The molecule has 9 nitrogen and oxygen atoms in total. The summed E-state index contributed by atoms with van der Waals surface area (Å²) in [7, 11) is -2.70. The monoisotopic (exact) mass is 411 g/mol. The number of ether oxygens (including phenoxy) is 1. The second-order valence-electron chi connectivity index (χ2n) is 7.27. The Hall–Kier alpha value is -2.43. The van der Waals surface area contributed by atoms with Crippen molar-refractivity contribution in [3.8, 4) is 0 Å². The van der Waals surface area contributed by atoms with Gasteiger partial charge in [0.25, 0.3) is 5.91 Å². The predicted molar refractivity (Wildman–Crippen MR) is 103 cm³/mol. The first-order valence-corrected chi connectivity index (χ1v) is 10.1. The van der Waals surface area contributed by atoms with E-state index in [-0.39, 0.29) is 41.5 Å². The number of amides is 1. The van der Waals surface area contributed by atoms with Crippen LogP contribution in [0.15, 0.2) is 40.4 Å². The van der Waals surface area contributed by atoms with Crippen molar-refractivity contribution in [2.24, 2.45) is 0 Å². The van der Waals surface area contributed by atoms with Gasteiger partial charge in [0.2, 0.25) is 10.0 Å². The standard InChI is InChI=1S/C18H25N3O6S/c1-18(2,3)20-28(25,26)14-8-6-5-7-13(14)19-15-12(17(24)27-4)11-21(9-10-22)16(15)23/h5-8,19-20,22H,9-11H2,1-4H3. The van der Waals surface area contributed by atoms with Crippen molar-refractivity contribution in [3.05, 3.63) is 35.5 Å². The molecule has 0 spiro atoms. The average molecular weight is 411 g/mol. The molecule has 1 aromatic carbocycles. The van der Waals surface area contributed by atoms with Gasteiger partial charge in [0.05, 0.1) is 31.5 Å². The Bertz CT molecular complexity index is 902. The Kier molecular flexibility index (Phi) is 6.48. The zero-order chi connectivity index (χ0) is 21.1. The number of esters is 1. The summed E-state index contributed by atoms with van der Waals surface area (Å²) < 4.78 is 32.8. The van der Waals surface area contributed by atoms with Gasteiger partial charge >= 0.3 is 5.97 Å². The van der Waals surface area contributed by atoms with E-state index in [1.807, 2.05) is 0 Å². The largest absolute Gasteiger partial charge is 0.466 e. The summed E-state index contributed by atoms with van der Waals surface area (Å²) in [5.41, 5.74) is -0.561. The number of nitrogens with zero attached hydrogens (tertiary/aromatic N) is 1. The molecule has 2 rings (SSSR count). The molecule has 1 aliphatic rings. The fraction of sp³-hybridized carbons (Fsp3) is 0.444. The number of aliphatic hydroxyl groups is 1. The SMILES string of the molecule is COC(=O)C1=C(Nc2ccccc2S(=O)(=O)NC(C)(C)C)C(=O)N(CCO)C1. The third-order valence-electron chi connectivity index (χ3n) is 3.83. The van der Waals surface area contributed by atoms with E-state index in [1.165, 1.54) is 24.1 Å². The molecule has 10 heteroatoms. The first-order chi connectivity index (χ1) is 13.0. The molecule has 28 heavy (non-hydrogen) atoms. The molecule has 1 heterocycles. The lowest BCUT2D eigenvalue weighted by Gasteiger charge is -2.22. The van der Waals surface area contributed by atoms with Crippen LogP contribution in [0, 0.1) is 0 Å². The molecule has 0 saturated carbocycles. The van der Waals surface area contributed by atoms with E-state index < -0.39 is 27.4 Å². The molecule has 0 atom stereocenters. The number of sulfonamides is 1. The fourth-order valence-corrected chi connectivity index (χ4v) is 4.33. The van der Waals surface area contributed by atoms with E-state index in [9.17, 15) is 18.0 Å². The molecular weight excluding hydrogens is 386 g/mol. The van der Waals surface area contributed by atoms with Crippen LogP contribution in [0.5, 0.6) is 0 Å². The molecule has 0 aliphatic carbocycles. The predicted octanol–water partition coefficient (Wildman–Crippen LogP) is 0.437. The number of para-hydroxylation sites is 1. The summed E-state index contributed by atoms with van der Waals surface area (Å²) in [6.45, 7) is 4.87. The third-order valence-corrected chi connectivity index (χ3v) is 5.65. The first kappa shape index (κ1) is 21.9. The normalized spacial score (nSPS) is 15.2. The third kappa shape index (κ3) is 4.89. The second kappa shape index (κ2) is 8.29. The number of carbonyl (C=O) groups is 2. The molecule has 0 saturated heterocycles. The van der Waals surface area contributed by atoms with Crippen molar-refractivity contribution in [2.45, 2.75) is 31.2 Å². The van der Waals surface area contributed by atoms with Gasteiger partial charge in [0.1, 0.15) is 10.6 Å². The number of anilines is 1. The van der Waals surface area contributed by atoms with E-state index in [2.05, 4.69) is 10.0 Å². The van der Waals surface area contributed by atoms with Crippen LogP contribution in [0.4, 0.5) is 5.69 Å². The van der Waals surface area contributed by atoms with Crippen LogP contribution in [0.1, 0.15) is 20.8 Å². The molecular formula is C18H25N3O6S. The zero-order valence-electron chi connectivity index (χ0n) is 16.3. The highest BCUT2D eigenvalue weighted by Gasteiger charge is 2.35. The van der Waals surface area contributed by atoms with Crippen LogP contribution in [0.25, 0.3) is 0 Å². The summed E-state index contributed by atoms with van der Waals surface area (Å²) in [5.74, 6) is -1.23. The maximum atomic E-state index is 12.8. The maximum absolute atomic E-state index is 12.8. The number of hydrogen-bond donors (Lipinski definition) is 3. The van der Waals surface area contributed by atoms with E-state index in [1.54, 1.807) is 32.9 Å². The van der Waals surface area contributed by atoms with Gasteiger partial charge in [-0.15, -0.1) is 0 Å². The number of rotatable bonds is 7. The summed E-state index contributed by atoms with van der Waals surface area (Å²) in [5, 5.41) is 11.9. The van der Waals surface area contributed by atoms with E-state index in [4.69, 9.17) is 9.84 Å². The number of aliphatic hydroxyl groups excluding tert-OH is 1. The van der Waals surface area contributed by atoms with Gasteiger partial charge in [0, 0.05) is 12.1 Å². The minimum absolute atomic E-state index is 0.0377. The fourth-order valence-electron chi connectivity index (χ4n) is 2.75. The minimum atomic E-state index is -3.89. The maximum Gasteiger partial charge on any atom is 0.337 e. The highest BCUT2D eigenvalue weighted by molar-refractivity contribution is 7.89. The van der Waals surface area contributed by atoms with Crippen LogP contribution in [-0.2, 0) is 24.3 Å². The smallest absolute Gasteiger partial charge is 0.337 e. The van der Waals surface area contributed by atoms with E-state index in [0.29, 0.717) is 0 Å². The van der Waals surface area contributed by atoms with Gasteiger partial charge in [-0.05, 0) is 32.9 Å². The number of β-amino-alcohol motifs (C(OH)–C–C–N with tert-alkyl or cyclic N) is 1. The Balaban J connectivity index is 2.47. The lowest BCUT2D eigenvalue weighted by Crippen LogP contribution is -2.40. The van der Waals surface area contributed by atoms with Crippen molar-refractivity contribution in [1.82, 2.24) is 9.62 Å². The van der Waals surface area contributed by atoms with Gasteiger partial charge in [-0.1, -0.05) is 12.1 Å². The van der Waals surface area contributed by atoms with Gasteiger partial charge in [-0.3, -0.25) is 4.79 Å². The summed E-state index contributed by atoms with van der Waals surface area (Å²) in [6.07, 6.45) is 0. The lowest BCUT2D eigenvalue weighted by atomic mass is 10.1. The number of methoxy groups -OCH3 is 1. The number of carbonyl (C=O) groups excluding carboxylic acids is 2. The summed E-state index contributed by atoms with van der Waals surface area (Å²) in [4.78, 5) is 25.9. The minimum Gasteiger partial charge on any atom is -0.466 e. The van der Waals surface area contributed by atoms with E-state index in [0.717, 1.165) is 0 Å². The van der Waals surface area contributed by atoms with Crippen molar-refractivity contribution in [2.75, 3.05) is 32.1 Å². The first-order valence-electron chi connectivity index (χ1n) is 8.62. The molecule has 1 amide bonds. The lowest BCUT2D eigenvalue weighted by molar-refractivity contribution is -0.136. The highest BCUT2D eigenvalue weighted by atomic mass is 32.2. The topological polar surface area (TPSA) is 125 Å². The Morgan fingerprint density at radius 1 is 1.29 bits per heavy atom. The number of nitrogens with one attached hydrogen (secondary N) is 2. The molecule has 0 radical (unpaired) electrons. The van der Waals surface area contributed by atoms with Crippen LogP contribution in [0.3, 0.4) is 0 Å². The Morgan fingerprint density at radius 3 is 2.50 bits per heavy atom. The van der Waals surface area contributed by atoms with Crippen molar-refractivity contribution in [1.29, 1.82) is 0 Å². The number of benzene rings is 1. The highest BCUT2D eigenvalue weighted by Crippen LogP contribution is 2.27. The molecule has 3 N–H and O–H groups in total. The summed E-state index contributed by atoms with van der Waals surface area (Å²) in [6, 6.07) is 6.08. The molecule has 1 aromatic rings. The number of hydrogen-bond acceptors (Lipinski definition) is 7. The van der Waals surface area contributed by atoms with Gasteiger partial charge in [-0.2, -0.15) is 0 Å². The average Bonchev–Trinajstić information content (AvgIpc) is 2.89. The molecule has 0 unspecified atom stereocenters. The molecule has 154 valence electrons. The zero-order valence-corrected chi connectivity index (χ0v) is 17.1. The molecule has 0 bridgehead atoms. The van der Waals surface area contributed by atoms with Crippen LogP contribution >= 0.6 is 0 Å². The van der Waals surface area contributed by atoms with E-state index >= 15 is 0 Å². The molecule has 0 fully saturated rings. The van der Waals surface area contributed by atoms with Crippen molar-refractivity contribution in [3.63, 3.8) is 0 Å². The van der Waals surface area contributed by atoms with Gasteiger partial charge < -0.3 is 20.1 Å². The van der Waals surface area contributed by atoms with Crippen LogP contribution < -0.4 is 10.0 Å². The van der Waals surface area contributed by atoms with Gasteiger partial charge in [-0.25, -0.2) is 17.9 Å². The Labute approximate surface area is 164 Å². The van der Waals surface area contributed by atoms with Crippen LogP contribution in [-0.4, -0.2) is 62.6 Å². The summed E-state index contributed by atoms with van der Waals surface area (Å²) >= 11 is 0. The second-order valence-corrected chi connectivity index (χ2v) is 8.92. The van der Waals surface area contributed by atoms with Crippen molar-refractivity contribution < 1.29 is 27.9 Å². The molecule has 1 aliphatic heterocycles. The Morgan fingerprint density at radius 2 is 1.93 bits per heavy atom.